The van der Waals surface area contributed by atoms with Gasteiger partial charge in [0, 0.05) is 51.6 Å². The molecule has 1 fully saturated rings. The quantitative estimate of drug-likeness (QED) is 0.488. The Morgan fingerprint density at radius 3 is 2.63 bits per heavy atom. The molecule has 1 saturated heterocycles. The van der Waals surface area contributed by atoms with Gasteiger partial charge in [0.05, 0.1) is 13.2 Å². The molecular formula is C23H39N3O4. The van der Waals surface area contributed by atoms with Crippen LogP contribution in [0.25, 0.3) is 0 Å². The van der Waals surface area contributed by atoms with Gasteiger partial charge in [-0.3, -0.25) is 10.2 Å². The van der Waals surface area contributed by atoms with Crippen molar-refractivity contribution in [2.45, 2.75) is 45.1 Å². The lowest BCUT2D eigenvalue weighted by molar-refractivity contribution is 0.0157. The molecule has 0 aromatic heterocycles. The average Bonchev–Trinajstić information content (AvgIpc) is 2.72. The highest BCUT2D eigenvalue weighted by Gasteiger charge is 2.21. The summed E-state index contributed by atoms with van der Waals surface area (Å²) in [6.07, 6.45) is 5.23. The van der Waals surface area contributed by atoms with Crippen LogP contribution in [0.4, 0.5) is 10.5 Å². The SMILES string of the molecule is CCCCCCCOc1cccc(NC(=O)OC(COC)CN2CCN(C)CC2)c1. The number of rotatable bonds is 13. The maximum Gasteiger partial charge on any atom is 0.412 e. The van der Waals surface area contributed by atoms with E-state index in [-0.39, 0.29) is 6.10 Å². The fourth-order valence-corrected chi connectivity index (χ4v) is 3.49. The average molecular weight is 422 g/mol. The van der Waals surface area contributed by atoms with Crippen molar-refractivity contribution in [3.8, 4) is 5.75 Å². The van der Waals surface area contributed by atoms with Gasteiger partial charge in [-0.2, -0.15) is 0 Å². The fraction of sp³-hybridized carbons (Fsp3) is 0.696. The van der Waals surface area contributed by atoms with Gasteiger partial charge >= 0.3 is 6.09 Å². The molecule has 1 aromatic carbocycles. The summed E-state index contributed by atoms with van der Waals surface area (Å²) >= 11 is 0. The smallest absolute Gasteiger partial charge is 0.412 e. The van der Waals surface area contributed by atoms with E-state index in [2.05, 4.69) is 29.1 Å². The van der Waals surface area contributed by atoms with Crippen LogP contribution in [0, 0.1) is 0 Å². The van der Waals surface area contributed by atoms with Gasteiger partial charge in [-0.1, -0.05) is 38.7 Å². The van der Waals surface area contributed by atoms with Crippen LogP contribution in [0.5, 0.6) is 5.75 Å². The van der Waals surface area contributed by atoms with Crippen LogP contribution in [0.3, 0.4) is 0 Å². The Bertz CT molecular complexity index is 606. The van der Waals surface area contributed by atoms with Crippen molar-refractivity contribution in [1.29, 1.82) is 0 Å². The summed E-state index contributed by atoms with van der Waals surface area (Å²) in [7, 11) is 3.75. The molecule has 170 valence electrons. The molecule has 0 bridgehead atoms. The minimum Gasteiger partial charge on any atom is -0.494 e. The van der Waals surface area contributed by atoms with Gasteiger partial charge in [0.1, 0.15) is 11.9 Å². The van der Waals surface area contributed by atoms with E-state index in [1.165, 1.54) is 25.7 Å². The summed E-state index contributed by atoms with van der Waals surface area (Å²) in [6, 6.07) is 7.45. The first kappa shape index (κ1) is 24.4. The maximum atomic E-state index is 12.4. The predicted octanol–water partition coefficient (Wildman–Crippen LogP) is 3.85. The van der Waals surface area contributed by atoms with E-state index in [1.54, 1.807) is 7.11 Å². The number of unbranched alkanes of at least 4 members (excludes halogenated alkanes) is 4. The number of carbonyl (C=O) groups is 1. The number of benzene rings is 1. The molecule has 1 aliphatic rings. The van der Waals surface area contributed by atoms with E-state index in [0.717, 1.165) is 38.3 Å². The van der Waals surface area contributed by atoms with Gasteiger partial charge in [-0.25, -0.2) is 4.79 Å². The first-order valence-electron chi connectivity index (χ1n) is 11.2. The third-order valence-corrected chi connectivity index (χ3v) is 5.28. The lowest BCUT2D eigenvalue weighted by Gasteiger charge is -2.34. The monoisotopic (exact) mass is 421 g/mol. The van der Waals surface area contributed by atoms with Gasteiger partial charge in [0.25, 0.3) is 0 Å². The number of anilines is 1. The number of nitrogens with zero attached hydrogens (tertiary/aromatic N) is 2. The second-order valence-corrected chi connectivity index (χ2v) is 8.00. The zero-order valence-electron chi connectivity index (χ0n) is 18.9. The van der Waals surface area contributed by atoms with Crippen LogP contribution in [0.1, 0.15) is 39.0 Å². The number of amides is 1. The lowest BCUT2D eigenvalue weighted by atomic mass is 10.2. The molecule has 1 atom stereocenters. The molecule has 1 amide bonds. The maximum absolute atomic E-state index is 12.4. The highest BCUT2D eigenvalue weighted by molar-refractivity contribution is 5.85. The van der Waals surface area contributed by atoms with Crippen molar-refractivity contribution in [2.75, 3.05) is 65.4 Å². The third kappa shape index (κ3) is 9.78. The number of methoxy groups -OCH3 is 1. The minimum atomic E-state index is -0.470. The molecule has 0 saturated carbocycles. The first-order chi connectivity index (χ1) is 14.6. The number of ether oxygens (including phenoxy) is 3. The van der Waals surface area contributed by atoms with Crippen LogP contribution in [0.15, 0.2) is 24.3 Å². The summed E-state index contributed by atoms with van der Waals surface area (Å²) in [5.74, 6) is 0.758. The molecule has 7 heteroatoms. The van der Waals surface area contributed by atoms with E-state index >= 15 is 0 Å². The zero-order valence-corrected chi connectivity index (χ0v) is 18.9. The number of carbonyl (C=O) groups excluding carboxylic acids is 1. The van der Waals surface area contributed by atoms with Crippen molar-refractivity contribution >= 4 is 11.8 Å². The van der Waals surface area contributed by atoms with Gasteiger partial charge in [-0.15, -0.1) is 0 Å². The van der Waals surface area contributed by atoms with Gasteiger partial charge in [-0.05, 0) is 25.6 Å². The summed E-state index contributed by atoms with van der Waals surface area (Å²) in [6.45, 7) is 7.95. The summed E-state index contributed by atoms with van der Waals surface area (Å²) in [4.78, 5) is 17.0. The fourth-order valence-electron chi connectivity index (χ4n) is 3.49. The molecular weight excluding hydrogens is 382 g/mol. The molecule has 0 radical (unpaired) electrons. The van der Waals surface area contributed by atoms with Crippen molar-refractivity contribution in [3.63, 3.8) is 0 Å². The van der Waals surface area contributed by atoms with Crippen molar-refractivity contribution in [2.24, 2.45) is 0 Å². The van der Waals surface area contributed by atoms with Crippen LogP contribution < -0.4 is 10.1 Å². The molecule has 2 rings (SSSR count). The predicted molar refractivity (Wildman–Crippen MR) is 120 cm³/mol. The Balaban J connectivity index is 1.76. The van der Waals surface area contributed by atoms with E-state index in [0.29, 0.717) is 25.4 Å². The molecule has 1 aliphatic heterocycles. The summed E-state index contributed by atoms with van der Waals surface area (Å²) in [5, 5.41) is 2.81. The van der Waals surface area contributed by atoms with Crippen molar-refractivity contribution in [3.05, 3.63) is 24.3 Å². The summed E-state index contributed by atoms with van der Waals surface area (Å²) in [5.41, 5.74) is 0.666. The second-order valence-electron chi connectivity index (χ2n) is 8.00. The number of nitrogens with one attached hydrogen (secondary N) is 1. The molecule has 30 heavy (non-hydrogen) atoms. The zero-order chi connectivity index (χ0) is 21.6. The lowest BCUT2D eigenvalue weighted by Crippen LogP contribution is -2.48. The van der Waals surface area contributed by atoms with Crippen molar-refractivity contribution in [1.82, 2.24) is 9.80 Å². The van der Waals surface area contributed by atoms with Crippen molar-refractivity contribution < 1.29 is 19.0 Å². The second kappa shape index (κ2) is 14.2. The highest BCUT2D eigenvalue weighted by Crippen LogP contribution is 2.18. The molecule has 1 N–H and O–H groups in total. The third-order valence-electron chi connectivity index (χ3n) is 5.28. The van der Waals surface area contributed by atoms with Crippen LogP contribution in [-0.2, 0) is 9.47 Å². The van der Waals surface area contributed by atoms with Gasteiger partial charge in [0.2, 0.25) is 0 Å². The van der Waals surface area contributed by atoms with E-state index in [9.17, 15) is 4.79 Å². The normalized spacial score (nSPS) is 16.2. The molecule has 1 aromatic rings. The van der Waals surface area contributed by atoms with Crippen LogP contribution >= 0.6 is 0 Å². The molecule has 0 spiro atoms. The number of hydrogen-bond acceptors (Lipinski definition) is 6. The molecule has 7 nitrogen and oxygen atoms in total. The molecule has 0 aliphatic carbocycles. The van der Waals surface area contributed by atoms with E-state index < -0.39 is 6.09 Å². The van der Waals surface area contributed by atoms with Gasteiger partial charge < -0.3 is 19.1 Å². The Labute approximate surface area is 181 Å². The first-order valence-corrected chi connectivity index (χ1v) is 11.2. The minimum absolute atomic E-state index is 0.305. The summed E-state index contributed by atoms with van der Waals surface area (Å²) < 4.78 is 16.7. The topological polar surface area (TPSA) is 63.3 Å². The Kier molecular flexibility index (Phi) is 11.6. The number of piperazine rings is 1. The number of hydrogen-bond donors (Lipinski definition) is 1. The Morgan fingerprint density at radius 2 is 1.90 bits per heavy atom. The standard InChI is InChI=1S/C23H39N3O4/c1-4-5-6-7-8-16-29-21-11-9-10-20(17-21)24-23(27)30-22(19-28-3)18-26-14-12-25(2)13-15-26/h9-11,17,22H,4-8,12-16,18-19H2,1-3H3,(H,24,27). The highest BCUT2D eigenvalue weighted by atomic mass is 16.6. The largest absolute Gasteiger partial charge is 0.494 e. The Morgan fingerprint density at radius 1 is 1.13 bits per heavy atom. The Hall–Kier alpha value is -1.83. The van der Waals surface area contributed by atoms with Crippen LogP contribution in [0.2, 0.25) is 0 Å². The van der Waals surface area contributed by atoms with Gasteiger partial charge in [0.15, 0.2) is 0 Å². The number of likely N-dealkylation sites (N-methyl/N-ethyl adjacent to an activating group) is 1. The van der Waals surface area contributed by atoms with Crippen LogP contribution in [-0.4, -0.2) is 82.1 Å². The van der Waals surface area contributed by atoms with E-state index in [4.69, 9.17) is 14.2 Å². The van der Waals surface area contributed by atoms with E-state index in [1.807, 2.05) is 24.3 Å². The molecule has 1 unspecified atom stereocenters. The molecule has 1 heterocycles.